The van der Waals surface area contributed by atoms with Crippen molar-refractivity contribution in [3.63, 3.8) is 0 Å². The molecule has 0 aliphatic rings. The van der Waals surface area contributed by atoms with Gasteiger partial charge in [-0.15, -0.1) is 0 Å². The molecule has 0 atom stereocenters. The van der Waals surface area contributed by atoms with E-state index >= 15 is 0 Å². The van der Waals surface area contributed by atoms with Crippen molar-refractivity contribution in [2.75, 3.05) is 23.7 Å². The molecule has 2 N–H and O–H groups in total. The van der Waals surface area contributed by atoms with E-state index in [4.69, 9.17) is 0 Å². The number of likely N-dealkylation sites (N-methyl/N-ethyl adjacent to an activating group) is 1. The van der Waals surface area contributed by atoms with Gasteiger partial charge in [-0.2, -0.15) is 5.10 Å². The Balaban J connectivity index is 1.67. The average Bonchev–Trinajstić information content (AvgIpc) is 3.40. The van der Waals surface area contributed by atoms with Crippen LogP contribution in [0.15, 0.2) is 48.7 Å². The molecule has 190 valence electrons. The van der Waals surface area contributed by atoms with Crippen LogP contribution in [0.4, 0.5) is 11.4 Å². The highest BCUT2D eigenvalue weighted by atomic mass is 16.2. The third kappa shape index (κ3) is 6.29. The second-order valence-electron chi connectivity index (χ2n) is 8.88. The summed E-state index contributed by atoms with van der Waals surface area (Å²) in [5.41, 5.74) is 4.20. The third-order valence-corrected chi connectivity index (χ3v) is 5.76. The number of anilines is 2. The first-order valence-corrected chi connectivity index (χ1v) is 12.0. The van der Waals surface area contributed by atoms with Gasteiger partial charge in [0.25, 0.3) is 0 Å². The van der Waals surface area contributed by atoms with Gasteiger partial charge >= 0.3 is 0 Å². The van der Waals surface area contributed by atoms with E-state index in [1.807, 2.05) is 37.6 Å². The summed E-state index contributed by atoms with van der Waals surface area (Å²) < 4.78 is 4.09. The highest BCUT2D eigenvalue weighted by Gasteiger charge is 2.16. The molecule has 0 radical (unpaired) electrons. The Morgan fingerprint density at radius 3 is 2.28 bits per heavy atom. The molecule has 0 saturated carbocycles. The van der Waals surface area contributed by atoms with Crippen molar-refractivity contribution >= 4 is 35.2 Å². The quantitative estimate of drug-likeness (QED) is 0.436. The van der Waals surface area contributed by atoms with E-state index in [2.05, 4.69) is 34.1 Å². The van der Waals surface area contributed by atoms with Gasteiger partial charge in [-0.05, 0) is 76.6 Å². The van der Waals surface area contributed by atoms with Gasteiger partial charge in [-0.25, -0.2) is 4.68 Å². The van der Waals surface area contributed by atoms with Crippen LogP contribution in [0.3, 0.4) is 0 Å². The molecule has 0 spiro atoms. The van der Waals surface area contributed by atoms with Gasteiger partial charge < -0.3 is 20.1 Å². The lowest BCUT2D eigenvalue weighted by atomic mass is 10.2. The summed E-state index contributed by atoms with van der Waals surface area (Å²) in [5.74, 6) is 0.264. The molecule has 3 rings (SSSR count). The number of aromatic nitrogens is 3. The fourth-order valence-corrected chi connectivity index (χ4v) is 4.02. The lowest BCUT2D eigenvalue weighted by Gasteiger charge is -2.18. The van der Waals surface area contributed by atoms with Crippen LogP contribution in [-0.4, -0.2) is 50.1 Å². The minimum atomic E-state index is -0.300. The molecule has 0 aliphatic heterocycles. The second-order valence-corrected chi connectivity index (χ2v) is 8.88. The molecular formula is C27H34N6O3. The minimum Gasteiger partial charge on any atom is -0.330 e. The molecule has 3 amide bonds. The smallest absolute Gasteiger partial charge is 0.247 e. The fourth-order valence-electron chi connectivity index (χ4n) is 4.02. The van der Waals surface area contributed by atoms with Crippen molar-refractivity contribution in [3.8, 4) is 5.82 Å². The maximum atomic E-state index is 12.9. The maximum absolute atomic E-state index is 12.9. The number of rotatable bonds is 9. The van der Waals surface area contributed by atoms with Crippen molar-refractivity contribution in [2.24, 2.45) is 0 Å². The van der Waals surface area contributed by atoms with Gasteiger partial charge in [0.1, 0.15) is 12.4 Å². The number of nitrogens with one attached hydrogen (secondary N) is 2. The van der Waals surface area contributed by atoms with Crippen LogP contribution in [0.25, 0.3) is 11.9 Å². The molecule has 2 aromatic heterocycles. The van der Waals surface area contributed by atoms with Crippen LogP contribution in [-0.2, 0) is 14.4 Å². The number of benzene rings is 1. The Morgan fingerprint density at radius 2 is 1.69 bits per heavy atom. The zero-order chi connectivity index (χ0) is 26.4. The van der Waals surface area contributed by atoms with Gasteiger partial charge in [-0.3, -0.25) is 14.4 Å². The number of aryl methyl sites for hydroxylation is 1. The third-order valence-electron chi connectivity index (χ3n) is 5.76. The van der Waals surface area contributed by atoms with E-state index < -0.39 is 0 Å². The summed E-state index contributed by atoms with van der Waals surface area (Å²) in [4.78, 5) is 38.0. The maximum Gasteiger partial charge on any atom is 0.247 e. The van der Waals surface area contributed by atoms with Gasteiger partial charge in [0.05, 0.1) is 6.20 Å². The molecule has 3 aromatic rings. The molecule has 0 fully saturated rings. The van der Waals surface area contributed by atoms with Crippen LogP contribution in [0, 0.1) is 13.8 Å². The van der Waals surface area contributed by atoms with Crippen molar-refractivity contribution in [3.05, 3.63) is 65.6 Å². The zero-order valence-electron chi connectivity index (χ0n) is 21.7. The Kier molecular flexibility index (Phi) is 8.47. The molecule has 9 heteroatoms. The van der Waals surface area contributed by atoms with E-state index in [1.54, 1.807) is 36.5 Å². The van der Waals surface area contributed by atoms with Crippen LogP contribution >= 0.6 is 0 Å². The number of carbonyl (C=O) groups is 3. The number of hydrogen-bond acceptors (Lipinski definition) is 4. The summed E-state index contributed by atoms with van der Waals surface area (Å²) >= 11 is 0. The van der Waals surface area contributed by atoms with Crippen molar-refractivity contribution in [1.29, 1.82) is 0 Å². The van der Waals surface area contributed by atoms with Gasteiger partial charge in [0.15, 0.2) is 0 Å². The first kappa shape index (κ1) is 26.5. The van der Waals surface area contributed by atoms with Gasteiger partial charge in [0, 0.05) is 54.4 Å². The normalized spacial score (nSPS) is 11.2. The van der Waals surface area contributed by atoms with E-state index in [9.17, 15) is 14.4 Å². The lowest BCUT2D eigenvalue weighted by molar-refractivity contribution is -0.130. The second kappa shape index (κ2) is 11.5. The topological polar surface area (TPSA) is 101 Å². The molecule has 2 heterocycles. The summed E-state index contributed by atoms with van der Waals surface area (Å²) in [6.07, 6.45) is 5.08. The van der Waals surface area contributed by atoms with Crippen molar-refractivity contribution < 1.29 is 14.4 Å². The first-order chi connectivity index (χ1) is 17.1. The van der Waals surface area contributed by atoms with Crippen LogP contribution in [0.1, 0.15) is 50.7 Å². The van der Waals surface area contributed by atoms with Crippen LogP contribution < -0.4 is 10.6 Å². The van der Waals surface area contributed by atoms with E-state index in [1.165, 1.54) is 17.9 Å². The molecule has 0 aliphatic carbocycles. The van der Waals surface area contributed by atoms with E-state index in [-0.39, 0.29) is 30.3 Å². The van der Waals surface area contributed by atoms with Crippen molar-refractivity contribution in [1.82, 2.24) is 19.2 Å². The highest BCUT2D eigenvalue weighted by molar-refractivity contribution is 5.98. The number of hydrogen-bond donors (Lipinski definition) is 2. The minimum absolute atomic E-state index is 0.0697. The highest BCUT2D eigenvalue weighted by Crippen LogP contribution is 2.23. The molecule has 0 bridgehead atoms. The molecule has 9 nitrogen and oxygen atoms in total. The Morgan fingerprint density at radius 1 is 1.06 bits per heavy atom. The predicted octanol–water partition coefficient (Wildman–Crippen LogP) is 4.33. The largest absolute Gasteiger partial charge is 0.330 e. The van der Waals surface area contributed by atoms with Gasteiger partial charge in [0.2, 0.25) is 17.7 Å². The molecular weight excluding hydrogens is 456 g/mol. The first-order valence-electron chi connectivity index (χ1n) is 12.0. The van der Waals surface area contributed by atoms with E-state index in [0.29, 0.717) is 17.9 Å². The summed E-state index contributed by atoms with van der Waals surface area (Å²) in [6, 6.07) is 11.0. The Hall–Kier alpha value is -4.14. The van der Waals surface area contributed by atoms with E-state index in [0.717, 1.165) is 22.8 Å². The summed E-state index contributed by atoms with van der Waals surface area (Å²) in [5, 5.41) is 9.89. The lowest BCUT2D eigenvalue weighted by Crippen LogP contribution is -2.36. The number of carbonyl (C=O) groups excluding carboxylic acids is 3. The molecule has 36 heavy (non-hydrogen) atoms. The summed E-state index contributed by atoms with van der Waals surface area (Å²) in [6.45, 7) is 11.8. The molecule has 1 aromatic carbocycles. The Bertz CT molecular complexity index is 1270. The number of amides is 3. The number of nitrogens with zero attached hydrogens (tertiary/aromatic N) is 4. The fraction of sp³-hybridized carbons (Fsp3) is 0.333. The monoisotopic (exact) mass is 490 g/mol. The standard InChI is InChI=1S/C27H34N6O3/c1-7-31(17-25(35)30-24-11-9-23(10-12-24)29-21(6)34)27(36)13-8-22-16-19(4)32(20(22)5)26-14-15-28-33(26)18(2)3/h8-16,18H,7,17H2,1-6H3,(H,29,34)(H,30,35)/b13-8+. The van der Waals surface area contributed by atoms with Crippen LogP contribution in [0.5, 0.6) is 0 Å². The summed E-state index contributed by atoms with van der Waals surface area (Å²) in [7, 11) is 0. The molecule has 0 saturated heterocycles. The SMILES string of the molecule is CCN(CC(=O)Nc1ccc(NC(C)=O)cc1)C(=O)/C=C/c1cc(C)n(-c2ccnn2C(C)C)c1C. The van der Waals surface area contributed by atoms with Crippen molar-refractivity contribution in [2.45, 2.75) is 47.6 Å². The predicted molar refractivity (Wildman–Crippen MR) is 142 cm³/mol. The molecule has 0 unspecified atom stereocenters. The van der Waals surface area contributed by atoms with Crippen LogP contribution in [0.2, 0.25) is 0 Å². The van der Waals surface area contributed by atoms with Gasteiger partial charge in [-0.1, -0.05) is 0 Å². The average molecular weight is 491 g/mol. The Labute approximate surface area is 211 Å². The zero-order valence-corrected chi connectivity index (χ0v) is 21.7.